The van der Waals surface area contributed by atoms with E-state index in [4.69, 9.17) is 0 Å². The summed E-state index contributed by atoms with van der Waals surface area (Å²) in [5.74, 6) is 3.74. The Kier molecular flexibility index (Phi) is 13.7. The van der Waals surface area contributed by atoms with Gasteiger partial charge in [0.05, 0.1) is 5.57 Å². The minimum Gasteiger partial charge on any atom is -0.355 e. The van der Waals surface area contributed by atoms with Gasteiger partial charge in [-0.3, -0.25) is 0 Å². The zero-order valence-electron chi connectivity index (χ0n) is 32.5. The summed E-state index contributed by atoms with van der Waals surface area (Å²) in [6.07, 6.45) is 29.9. The van der Waals surface area contributed by atoms with Crippen molar-refractivity contribution in [2.45, 2.75) is 52.9 Å². The first kappa shape index (κ1) is 38.3. The molecule has 55 heavy (non-hydrogen) atoms. The molecule has 0 aromatic heterocycles. The molecule has 1 N–H and O–H groups in total. The maximum Gasteiger partial charge on any atom is 0.214 e. The van der Waals surface area contributed by atoms with E-state index in [9.17, 15) is 0 Å². The average Bonchev–Trinajstić information content (AvgIpc) is 3.52. The van der Waals surface area contributed by atoms with E-state index in [0.717, 1.165) is 81.7 Å². The Labute approximate surface area is 329 Å². The summed E-state index contributed by atoms with van der Waals surface area (Å²) in [6, 6.07) is 39.9. The second kappa shape index (κ2) is 19.6. The first-order chi connectivity index (χ1) is 27.0. The van der Waals surface area contributed by atoms with Crippen LogP contribution in [0.2, 0.25) is 0 Å². The summed E-state index contributed by atoms with van der Waals surface area (Å²) in [7, 11) is 0. The van der Waals surface area contributed by atoms with Crippen LogP contribution in [0.4, 0.5) is 11.4 Å². The smallest absolute Gasteiger partial charge is 0.214 e. The van der Waals surface area contributed by atoms with Gasteiger partial charge in [0.25, 0.3) is 0 Å². The molecule has 272 valence electrons. The van der Waals surface area contributed by atoms with Crippen molar-refractivity contribution in [3.8, 4) is 11.1 Å². The predicted molar refractivity (Wildman–Crippen MR) is 236 cm³/mol. The normalized spacial score (nSPS) is 15.2. The van der Waals surface area contributed by atoms with Gasteiger partial charge < -0.3 is 5.32 Å². The first-order valence-corrected chi connectivity index (χ1v) is 19.5. The Morgan fingerprint density at radius 3 is 2.51 bits per heavy atom. The van der Waals surface area contributed by atoms with E-state index in [1.165, 1.54) is 23.1 Å². The fraction of sp³-hybridized carbons (Fsp3) is 0.170. The van der Waals surface area contributed by atoms with Gasteiger partial charge in [0.15, 0.2) is 12.4 Å². The minimum absolute atomic E-state index is 0.673. The van der Waals surface area contributed by atoms with E-state index in [-0.39, 0.29) is 0 Å². The molecule has 2 nitrogen and oxygen atoms in total. The van der Waals surface area contributed by atoms with Crippen LogP contribution in [0.1, 0.15) is 64.0 Å². The van der Waals surface area contributed by atoms with Crippen molar-refractivity contribution in [3.63, 3.8) is 0 Å². The molecular formula is C53H51N2+. The summed E-state index contributed by atoms with van der Waals surface area (Å²) in [5.41, 5.74) is 14.4. The van der Waals surface area contributed by atoms with E-state index in [2.05, 4.69) is 207 Å². The highest BCUT2D eigenvalue weighted by Gasteiger charge is 2.14. The van der Waals surface area contributed by atoms with Crippen molar-refractivity contribution in [2.24, 2.45) is 0 Å². The van der Waals surface area contributed by atoms with Crippen LogP contribution in [0.15, 0.2) is 198 Å². The molecule has 4 aromatic carbocycles. The number of rotatable bonds is 13. The van der Waals surface area contributed by atoms with Gasteiger partial charge >= 0.3 is 0 Å². The van der Waals surface area contributed by atoms with Crippen LogP contribution in [0.5, 0.6) is 0 Å². The molecule has 1 aliphatic heterocycles. The molecule has 0 saturated carbocycles. The number of nitrogens with one attached hydrogen (secondary N) is 1. The minimum atomic E-state index is 0.673. The SMILES string of the molecule is C=C(C=CC(Nc1cccc(C2=CCCCC=C2)c1)=C(C)c1ccccc1)C1=CC(C(C)=CC=CCCC)=C=[N+](c2ccc(-c3cc#ccc3)cc2)CC=C1. The molecule has 4 aromatic rings. The topological polar surface area (TPSA) is 15.0 Å². The lowest BCUT2D eigenvalue weighted by Crippen LogP contribution is -2.07. The molecular weight excluding hydrogens is 665 g/mol. The molecule has 0 atom stereocenters. The molecule has 0 fully saturated rings. The van der Waals surface area contributed by atoms with Crippen molar-refractivity contribution < 1.29 is 4.58 Å². The van der Waals surface area contributed by atoms with E-state index in [1.54, 1.807) is 0 Å². The fourth-order valence-corrected chi connectivity index (χ4v) is 6.51. The molecule has 0 radical (unpaired) electrons. The third kappa shape index (κ3) is 10.8. The second-order valence-corrected chi connectivity index (χ2v) is 13.9. The lowest BCUT2D eigenvalue weighted by molar-refractivity contribution is -0.420. The van der Waals surface area contributed by atoms with Crippen molar-refractivity contribution >= 4 is 28.4 Å². The molecule has 1 heterocycles. The zero-order valence-corrected chi connectivity index (χ0v) is 32.5. The highest BCUT2D eigenvalue weighted by molar-refractivity contribution is 5.79. The molecule has 2 aliphatic rings. The molecule has 6 rings (SSSR count). The van der Waals surface area contributed by atoms with Gasteiger partial charge in [0.1, 0.15) is 0 Å². The standard InChI is InChI=1S/C53H51N2/c1-5-6-7-12-21-41(2)50-38-48(29-20-37-55(40-50)52-34-32-47(33-35-52)45-24-17-11-18-25-45)42(3)31-36-53(43(4)44-22-15-10-16-23-44)54-51-30-19-28-49(39-51)46-26-13-8-9-14-27-46/h7,10,12-13,15-17,19-36,38-39,54H,3,5-6,8-9,14,37H2,1-2,4H3/q+1. The zero-order chi connectivity index (χ0) is 38.2. The van der Waals surface area contributed by atoms with Gasteiger partial charge in [-0.2, -0.15) is 0 Å². The molecule has 0 saturated heterocycles. The van der Waals surface area contributed by atoms with E-state index < -0.39 is 0 Å². The second-order valence-electron chi connectivity index (χ2n) is 13.9. The summed E-state index contributed by atoms with van der Waals surface area (Å²) < 4.78 is 2.18. The Morgan fingerprint density at radius 2 is 1.71 bits per heavy atom. The summed E-state index contributed by atoms with van der Waals surface area (Å²) >= 11 is 0. The maximum atomic E-state index is 4.58. The largest absolute Gasteiger partial charge is 0.355 e. The van der Waals surface area contributed by atoms with Gasteiger partial charge in [-0.1, -0.05) is 123 Å². The lowest BCUT2D eigenvalue weighted by atomic mass is 9.98. The van der Waals surface area contributed by atoms with Crippen LogP contribution in [-0.2, 0) is 0 Å². The van der Waals surface area contributed by atoms with Gasteiger partial charge in [-0.25, -0.2) is 0 Å². The third-order valence-electron chi connectivity index (χ3n) is 9.82. The van der Waals surface area contributed by atoms with Crippen LogP contribution in [0.3, 0.4) is 0 Å². The summed E-state index contributed by atoms with van der Waals surface area (Å²) in [4.78, 5) is 0. The number of hydrogen-bond donors (Lipinski definition) is 1. The van der Waals surface area contributed by atoms with Crippen molar-refractivity contribution in [2.75, 3.05) is 11.9 Å². The molecule has 0 bridgehead atoms. The monoisotopic (exact) mass is 715 g/mol. The van der Waals surface area contributed by atoms with E-state index >= 15 is 0 Å². The number of unbranched alkanes of at least 4 members (excludes halogenated alkanes) is 1. The maximum absolute atomic E-state index is 4.58. The van der Waals surface area contributed by atoms with Crippen molar-refractivity contribution in [1.29, 1.82) is 0 Å². The Balaban J connectivity index is 1.34. The van der Waals surface area contributed by atoms with Crippen LogP contribution < -0.4 is 5.32 Å². The highest BCUT2D eigenvalue weighted by atomic mass is 15.0. The molecule has 0 amide bonds. The molecule has 1 aliphatic carbocycles. The van der Waals surface area contributed by atoms with Gasteiger partial charge in [-0.15, -0.1) is 4.58 Å². The molecule has 0 spiro atoms. The first-order valence-electron chi connectivity index (χ1n) is 19.5. The van der Waals surface area contributed by atoms with E-state index in [0.29, 0.717) is 6.54 Å². The quantitative estimate of drug-likeness (QED) is 0.108. The number of anilines is 1. The Morgan fingerprint density at radius 1 is 0.855 bits per heavy atom. The van der Waals surface area contributed by atoms with Crippen LogP contribution in [0, 0.1) is 12.1 Å². The summed E-state index contributed by atoms with van der Waals surface area (Å²) in [6.45, 7) is 11.8. The van der Waals surface area contributed by atoms with E-state index in [1.807, 2.05) is 12.1 Å². The van der Waals surface area contributed by atoms with Crippen LogP contribution in [0.25, 0.3) is 22.3 Å². The third-order valence-corrected chi connectivity index (χ3v) is 9.82. The van der Waals surface area contributed by atoms with Crippen molar-refractivity contribution in [1.82, 2.24) is 0 Å². The lowest BCUT2D eigenvalue weighted by Gasteiger charge is -2.14. The Hall–Kier alpha value is -6.39. The van der Waals surface area contributed by atoms with Gasteiger partial charge in [-0.05, 0) is 150 Å². The average molecular weight is 716 g/mol. The molecule has 2 heteroatoms. The number of benzene rings is 3. The van der Waals surface area contributed by atoms with Gasteiger partial charge in [0.2, 0.25) is 5.69 Å². The molecule has 0 unspecified atom stereocenters. The predicted octanol–water partition coefficient (Wildman–Crippen LogP) is 13.8. The highest BCUT2D eigenvalue weighted by Crippen LogP contribution is 2.28. The summed E-state index contributed by atoms with van der Waals surface area (Å²) in [5, 5.41) is 3.77. The van der Waals surface area contributed by atoms with Crippen LogP contribution >= 0.6 is 0 Å². The number of hydrogen-bond acceptors (Lipinski definition) is 1. The van der Waals surface area contributed by atoms with Gasteiger partial charge in [0, 0.05) is 23.5 Å². The van der Waals surface area contributed by atoms with Crippen LogP contribution in [-0.4, -0.2) is 17.0 Å². The fourth-order valence-electron chi connectivity index (χ4n) is 6.51. The number of allylic oxidation sites excluding steroid dienone is 16. The van der Waals surface area contributed by atoms with Crippen molar-refractivity contribution in [3.05, 3.63) is 222 Å². The number of nitrogens with zero attached hydrogens (tertiary/aromatic N) is 1. The Bertz CT molecular complexity index is 2270.